The first-order valence-corrected chi connectivity index (χ1v) is 5.03. The molecule has 0 unspecified atom stereocenters. The summed E-state index contributed by atoms with van der Waals surface area (Å²) in [6.45, 7) is 5.05. The molecule has 1 heterocycles. The first kappa shape index (κ1) is 10.4. The van der Waals surface area contributed by atoms with Crippen LogP contribution in [0.4, 0.5) is 0 Å². The minimum absolute atomic E-state index is 0.391. The first-order chi connectivity index (χ1) is 7.72. The molecular formula is C10H12N6. The van der Waals surface area contributed by atoms with Gasteiger partial charge in [0.2, 0.25) is 0 Å². The van der Waals surface area contributed by atoms with Crippen molar-refractivity contribution < 1.29 is 0 Å². The van der Waals surface area contributed by atoms with E-state index in [9.17, 15) is 0 Å². The van der Waals surface area contributed by atoms with E-state index in [1.807, 2.05) is 13.0 Å². The fourth-order valence-electron chi connectivity index (χ4n) is 1.57. The second-order valence-corrected chi connectivity index (χ2v) is 3.69. The zero-order valence-electron chi connectivity index (χ0n) is 9.25. The zero-order valence-corrected chi connectivity index (χ0v) is 9.25. The molecule has 1 aromatic heterocycles. The average Bonchev–Trinajstić information content (AvgIpc) is 2.63. The van der Waals surface area contributed by atoms with Crippen LogP contribution in [0.5, 0.6) is 0 Å². The fraction of sp³-hybridized carbons (Fsp3) is 0.400. The molecule has 0 saturated carbocycles. The van der Waals surface area contributed by atoms with Crippen LogP contribution in [0.15, 0.2) is 17.2 Å². The van der Waals surface area contributed by atoms with Crippen LogP contribution in [0.1, 0.15) is 11.1 Å². The van der Waals surface area contributed by atoms with Crippen molar-refractivity contribution in [1.29, 1.82) is 0 Å². The lowest BCUT2D eigenvalue weighted by Crippen LogP contribution is -2.02. The van der Waals surface area contributed by atoms with Gasteiger partial charge in [0.25, 0.3) is 0 Å². The van der Waals surface area contributed by atoms with Crippen molar-refractivity contribution in [2.24, 2.45) is 5.11 Å². The van der Waals surface area contributed by atoms with E-state index in [4.69, 9.17) is 5.53 Å². The Morgan fingerprint density at radius 2 is 2.12 bits per heavy atom. The van der Waals surface area contributed by atoms with E-state index in [1.54, 1.807) is 4.68 Å². The van der Waals surface area contributed by atoms with Crippen LogP contribution in [0.25, 0.3) is 21.5 Å². The van der Waals surface area contributed by atoms with Crippen molar-refractivity contribution in [3.05, 3.63) is 33.7 Å². The third kappa shape index (κ3) is 1.83. The summed E-state index contributed by atoms with van der Waals surface area (Å²) in [7, 11) is 0. The number of benzene rings is 1. The summed E-state index contributed by atoms with van der Waals surface area (Å²) in [5.41, 5.74) is 12.5. The Labute approximate surface area is 92.5 Å². The maximum absolute atomic E-state index is 8.20. The summed E-state index contributed by atoms with van der Waals surface area (Å²) in [4.78, 5) is 2.71. The molecule has 0 fully saturated rings. The summed E-state index contributed by atoms with van der Waals surface area (Å²) < 4.78 is 1.76. The minimum atomic E-state index is 0.391. The van der Waals surface area contributed by atoms with E-state index in [0.717, 1.165) is 11.0 Å². The molecule has 0 saturated heterocycles. The van der Waals surface area contributed by atoms with Crippen molar-refractivity contribution in [3.63, 3.8) is 0 Å². The molecule has 1 aromatic carbocycles. The van der Waals surface area contributed by atoms with Crippen molar-refractivity contribution in [2.45, 2.75) is 20.4 Å². The smallest absolute Gasteiger partial charge is 0.113 e. The van der Waals surface area contributed by atoms with Crippen LogP contribution in [0.3, 0.4) is 0 Å². The monoisotopic (exact) mass is 216 g/mol. The normalized spacial score (nSPS) is 10.4. The summed E-state index contributed by atoms with van der Waals surface area (Å²) >= 11 is 0. The van der Waals surface area contributed by atoms with Crippen molar-refractivity contribution >= 4 is 11.0 Å². The van der Waals surface area contributed by atoms with E-state index in [1.165, 1.54) is 11.1 Å². The highest BCUT2D eigenvalue weighted by molar-refractivity contribution is 5.76. The van der Waals surface area contributed by atoms with Crippen LogP contribution in [-0.2, 0) is 6.54 Å². The number of nitrogens with zero attached hydrogens (tertiary/aromatic N) is 6. The summed E-state index contributed by atoms with van der Waals surface area (Å²) in [6, 6.07) is 4.07. The lowest BCUT2D eigenvalue weighted by atomic mass is 10.1. The predicted octanol–water partition coefficient (Wildman–Crippen LogP) is 2.36. The second-order valence-electron chi connectivity index (χ2n) is 3.69. The van der Waals surface area contributed by atoms with Crippen molar-refractivity contribution in [1.82, 2.24) is 15.0 Å². The maximum Gasteiger partial charge on any atom is 0.113 e. The van der Waals surface area contributed by atoms with Gasteiger partial charge in [-0.05, 0) is 42.6 Å². The quantitative estimate of drug-likeness (QED) is 0.448. The highest BCUT2D eigenvalue weighted by Crippen LogP contribution is 2.16. The summed E-state index contributed by atoms with van der Waals surface area (Å²) in [6.07, 6.45) is 0. The summed E-state index contributed by atoms with van der Waals surface area (Å²) in [5.74, 6) is 0. The fourth-order valence-corrected chi connectivity index (χ4v) is 1.57. The van der Waals surface area contributed by atoms with Crippen LogP contribution >= 0.6 is 0 Å². The predicted molar refractivity (Wildman–Crippen MR) is 61.0 cm³/mol. The van der Waals surface area contributed by atoms with Gasteiger partial charge in [0.1, 0.15) is 5.52 Å². The number of fused-ring (bicyclic) bond motifs is 1. The molecule has 16 heavy (non-hydrogen) atoms. The molecule has 2 aromatic rings. The van der Waals surface area contributed by atoms with Gasteiger partial charge in [-0.3, -0.25) is 0 Å². The van der Waals surface area contributed by atoms with Crippen LogP contribution in [-0.4, -0.2) is 21.5 Å². The van der Waals surface area contributed by atoms with Gasteiger partial charge in [0.05, 0.1) is 5.52 Å². The molecule has 0 amide bonds. The average molecular weight is 216 g/mol. The third-order valence-corrected chi connectivity index (χ3v) is 2.60. The number of hydrogen-bond donors (Lipinski definition) is 0. The highest BCUT2D eigenvalue weighted by Gasteiger charge is 2.05. The van der Waals surface area contributed by atoms with E-state index < -0.39 is 0 Å². The Bertz CT molecular complexity index is 564. The number of hydrogen-bond acceptors (Lipinski definition) is 3. The SMILES string of the molecule is Cc1cc2nnn(CCN=[N+]=[N-])c2cc1C. The molecule has 82 valence electrons. The molecule has 0 bridgehead atoms. The van der Waals surface area contributed by atoms with E-state index >= 15 is 0 Å². The maximum atomic E-state index is 8.20. The van der Waals surface area contributed by atoms with Gasteiger partial charge in [-0.25, -0.2) is 4.68 Å². The largest absolute Gasteiger partial charge is 0.245 e. The van der Waals surface area contributed by atoms with Crippen LogP contribution in [0, 0.1) is 13.8 Å². The lowest BCUT2D eigenvalue weighted by Gasteiger charge is -2.01. The third-order valence-electron chi connectivity index (χ3n) is 2.60. The summed E-state index contributed by atoms with van der Waals surface area (Å²) in [5, 5.41) is 11.6. The van der Waals surface area contributed by atoms with Crippen molar-refractivity contribution in [3.8, 4) is 0 Å². The van der Waals surface area contributed by atoms with Gasteiger partial charge in [0, 0.05) is 18.0 Å². The number of aryl methyl sites for hydroxylation is 2. The van der Waals surface area contributed by atoms with E-state index in [2.05, 4.69) is 33.3 Å². The van der Waals surface area contributed by atoms with Gasteiger partial charge in [-0.15, -0.1) is 5.10 Å². The molecular weight excluding hydrogens is 204 g/mol. The van der Waals surface area contributed by atoms with Gasteiger partial charge >= 0.3 is 0 Å². The van der Waals surface area contributed by atoms with Gasteiger partial charge in [-0.2, -0.15) is 0 Å². The first-order valence-electron chi connectivity index (χ1n) is 5.03. The molecule has 6 nitrogen and oxygen atoms in total. The van der Waals surface area contributed by atoms with Gasteiger partial charge in [0.15, 0.2) is 0 Å². The second kappa shape index (κ2) is 4.20. The topological polar surface area (TPSA) is 79.5 Å². The van der Waals surface area contributed by atoms with Crippen LogP contribution in [0.2, 0.25) is 0 Å². The van der Waals surface area contributed by atoms with E-state index in [-0.39, 0.29) is 0 Å². The number of azide groups is 1. The Balaban J connectivity index is 2.39. The molecule has 0 spiro atoms. The van der Waals surface area contributed by atoms with Gasteiger partial charge in [-0.1, -0.05) is 10.3 Å². The van der Waals surface area contributed by atoms with E-state index in [0.29, 0.717) is 13.1 Å². The van der Waals surface area contributed by atoms with Crippen molar-refractivity contribution in [2.75, 3.05) is 6.54 Å². The molecule has 6 heteroatoms. The number of aromatic nitrogens is 3. The standard InChI is InChI=1S/C10H12N6/c1-7-5-9-10(6-8(7)2)16(15-13-9)4-3-12-14-11/h5-6H,3-4H2,1-2H3. The Morgan fingerprint density at radius 1 is 1.38 bits per heavy atom. The lowest BCUT2D eigenvalue weighted by molar-refractivity contribution is 0.615. The molecule has 0 aliphatic rings. The molecule has 0 N–H and O–H groups in total. The Morgan fingerprint density at radius 3 is 2.88 bits per heavy atom. The zero-order chi connectivity index (χ0) is 11.5. The molecule has 0 atom stereocenters. The molecule has 0 aliphatic heterocycles. The minimum Gasteiger partial charge on any atom is -0.245 e. The Kier molecular flexibility index (Phi) is 2.74. The van der Waals surface area contributed by atoms with Gasteiger partial charge < -0.3 is 0 Å². The van der Waals surface area contributed by atoms with Crippen LogP contribution < -0.4 is 0 Å². The molecule has 0 aliphatic carbocycles. The molecule has 2 rings (SSSR count). The highest BCUT2D eigenvalue weighted by atomic mass is 15.4. The Hall–Kier alpha value is -2.07. The molecule has 0 radical (unpaired) electrons. The number of rotatable bonds is 3.